The molecule has 0 atom stereocenters. The monoisotopic (exact) mass is 435 g/mol. The van der Waals surface area contributed by atoms with Gasteiger partial charge in [0, 0.05) is 25.0 Å². The minimum Gasteiger partial charge on any atom is -0.495 e. The molecule has 10 nitrogen and oxygen atoms in total. The molecule has 1 aromatic heterocycles. The zero-order valence-corrected chi connectivity index (χ0v) is 17.3. The number of methoxy groups -OCH3 is 2. The van der Waals surface area contributed by atoms with E-state index in [1.165, 1.54) is 55.1 Å². The molecule has 1 saturated heterocycles. The van der Waals surface area contributed by atoms with Gasteiger partial charge in [0.1, 0.15) is 16.3 Å². The van der Waals surface area contributed by atoms with Crippen molar-refractivity contribution in [1.82, 2.24) is 9.29 Å². The molecule has 0 spiro atoms. The first kappa shape index (κ1) is 21.7. The number of carbonyl (C=O) groups is 2. The van der Waals surface area contributed by atoms with Crippen LogP contribution in [0.2, 0.25) is 0 Å². The number of ether oxygens (including phenoxy) is 3. The third-order valence-corrected chi connectivity index (χ3v) is 6.35. The number of amides is 1. The summed E-state index contributed by atoms with van der Waals surface area (Å²) in [6, 6.07) is 7.12. The predicted octanol–water partition coefficient (Wildman–Crippen LogP) is 1.15. The highest BCUT2D eigenvalue weighted by Gasteiger charge is 2.29. The molecule has 1 aromatic carbocycles. The van der Waals surface area contributed by atoms with Crippen molar-refractivity contribution in [3.05, 3.63) is 47.8 Å². The lowest BCUT2D eigenvalue weighted by Gasteiger charge is -2.26. The highest BCUT2D eigenvalue weighted by atomic mass is 32.2. The standard InChI is InChI=1S/C19H21N3O7S/c1-27-16-6-4-14(11-17(16)30(25,26)22-7-9-29-10-8-22)21-18(23)15-5-3-13(12-20-15)19(24)28-2/h3-6,11-12H,7-10H2,1-2H3,(H,21,23). The first-order chi connectivity index (χ1) is 14.4. The van der Waals surface area contributed by atoms with Crippen molar-refractivity contribution in [3.63, 3.8) is 0 Å². The van der Waals surface area contributed by atoms with Crippen molar-refractivity contribution >= 4 is 27.6 Å². The van der Waals surface area contributed by atoms with Crippen molar-refractivity contribution in [3.8, 4) is 5.75 Å². The van der Waals surface area contributed by atoms with E-state index < -0.39 is 21.9 Å². The van der Waals surface area contributed by atoms with Crippen LogP contribution >= 0.6 is 0 Å². The summed E-state index contributed by atoms with van der Waals surface area (Å²) in [5.74, 6) is -0.964. The van der Waals surface area contributed by atoms with E-state index in [2.05, 4.69) is 15.0 Å². The number of benzene rings is 1. The van der Waals surface area contributed by atoms with Gasteiger partial charge in [-0.25, -0.2) is 13.2 Å². The Labute approximate surface area is 173 Å². The topological polar surface area (TPSA) is 124 Å². The van der Waals surface area contributed by atoms with Gasteiger partial charge < -0.3 is 19.5 Å². The fourth-order valence-electron chi connectivity index (χ4n) is 2.84. The van der Waals surface area contributed by atoms with E-state index in [1.54, 1.807) is 0 Å². The Morgan fingerprint density at radius 3 is 2.47 bits per heavy atom. The van der Waals surface area contributed by atoms with E-state index in [1.807, 2.05) is 0 Å². The lowest BCUT2D eigenvalue weighted by Crippen LogP contribution is -2.40. The van der Waals surface area contributed by atoms with Gasteiger partial charge >= 0.3 is 5.97 Å². The minimum atomic E-state index is -3.84. The molecule has 1 fully saturated rings. The minimum absolute atomic E-state index is 0.0519. The van der Waals surface area contributed by atoms with Crippen LogP contribution in [0, 0.1) is 0 Å². The van der Waals surface area contributed by atoms with E-state index in [0.29, 0.717) is 13.2 Å². The molecule has 0 aliphatic carbocycles. The second-order valence-electron chi connectivity index (χ2n) is 6.26. The molecule has 3 rings (SSSR count). The number of esters is 1. The quantitative estimate of drug-likeness (QED) is 0.670. The average Bonchev–Trinajstić information content (AvgIpc) is 2.79. The normalized spacial score (nSPS) is 14.7. The summed E-state index contributed by atoms with van der Waals surface area (Å²) in [5.41, 5.74) is 0.514. The molecule has 0 bridgehead atoms. The Hall–Kier alpha value is -3.02. The molecule has 1 N–H and O–H groups in total. The van der Waals surface area contributed by atoms with Crippen molar-refractivity contribution in [2.75, 3.05) is 45.8 Å². The lowest BCUT2D eigenvalue weighted by molar-refractivity contribution is 0.0600. The number of morpholine rings is 1. The van der Waals surface area contributed by atoms with E-state index in [9.17, 15) is 18.0 Å². The Morgan fingerprint density at radius 1 is 1.13 bits per heavy atom. The van der Waals surface area contributed by atoms with Gasteiger partial charge in [0.25, 0.3) is 5.91 Å². The molecule has 2 heterocycles. The van der Waals surface area contributed by atoms with Crippen LogP contribution in [0.15, 0.2) is 41.4 Å². The molecule has 1 aliphatic heterocycles. The number of nitrogens with zero attached hydrogens (tertiary/aromatic N) is 2. The fourth-order valence-corrected chi connectivity index (χ4v) is 4.43. The third-order valence-electron chi connectivity index (χ3n) is 4.43. The van der Waals surface area contributed by atoms with Gasteiger partial charge in [-0.2, -0.15) is 4.31 Å². The smallest absolute Gasteiger partial charge is 0.339 e. The second-order valence-corrected chi connectivity index (χ2v) is 8.17. The Balaban J connectivity index is 1.84. The van der Waals surface area contributed by atoms with Crippen LogP contribution in [0.1, 0.15) is 20.8 Å². The van der Waals surface area contributed by atoms with E-state index in [0.717, 1.165) is 0 Å². The molecular formula is C19H21N3O7S. The van der Waals surface area contributed by atoms with Crippen LogP contribution in [0.4, 0.5) is 5.69 Å². The first-order valence-electron chi connectivity index (χ1n) is 8.98. The van der Waals surface area contributed by atoms with Crippen molar-refractivity contribution < 1.29 is 32.2 Å². The number of aromatic nitrogens is 1. The molecule has 0 saturated carbocycles. The molecule has 1 aliphatic rings. The van der Waals surface area contributed by atoms with Gasteiger partial charge in [0.15, 0.2) is 0 Å². The lowest BCUT2D eigenvalue weighted by atomic mass is 10.2. The average molecular weight is 435 g/mol. The maximum Gasteiger partial charge on any atom is 0.339 e. The van der Waals surface area contributed by atoms with Crippen LogP contribution in [0.5, 0.6) is 5.75 Å². The van der Waals surface area contributed by atoms with Crippen molar-refractivity contribution in [1.29, 1.82) is 0 Å². The Bertz CT molecular complexity index is 1030. The molecule has 30 heavy (non-hydrogen) atoms. The van der Waals surface area contributed by atoms with Crippen molar-refractivity contribution in [2.24, 2.45) is 0 Å². The SMILES string of the molecule is COC(=O)c1ccc(C(=O)Nc2ccc(OC)c(S(=O)(=O)N3CCOCC3)c2)nc1. The summed E-state index contributed by atoms with van der Waals surface area (Å²) in [4.78, 5) is 27.8. The first-order valence-corrected chi connectivity index (χ1v) is 10.4. The maximum absolute atomic E-state index is 13.0. The van der Waals surface area contributed by atoms with Crippen LogP contribution < -0.4 is 10.1 Å². The highest BCUT2D eigenvalue weighted by Crippen LogP contribution is 2.30. The van der Waals surface area contributed by atoms with Gasteiger partial charge in [-0.05, 0) is 30.3 Å². The van der Waals surface area contributed by atoms with Crippen LogP contribution in [-0.4, -0.2) is 70.1 Å². The van der Waals surface area contributed by atoms with Gasteiger partial charge in [-0.1, -0.05) is 0 Å². The number of rotatable bonds is 6. The number of hydrogen-bond donors (Lipinski definition) is 1. The maximum atomic E-state index is 13.0. The number of anilines is 1. The second kappa shape index (κ2) is 9.20. The predicted molar refractivity (Wildman–Crippen MR) is 106 cm³/mol. The summed E-state index contributed by atoms with van der Waals surface area (Å²) < 4.78 is 42.4. The van der Waals surface area contributed by atoms with Crippen molar-refractivity contribution in [2.45, 2.75) is 4.90 Å². The van der Waals surface area contributed by atoms with Gasteiger partial charge in [-0.15, -0.1) is 0 Å². The number of sulfonamides is 1. The summed E-state index contributed by atoms with van der Waals surface area (Å²) in [7, 11) is -1.22. The summed E-state index contributed by atoms with van der Waals surface area (Å²) in [5, 5.41) is 2.61. The zero-order valence-electron chi connectivity index (χ0n) is 16.5. The third kappa shape index (κ3) is 4.58. The molecule has 160 valence electrons. The van der Waals surface area contributed by atoms with E-state index in [-0.39, 0.29) is 40.7 Å². The number of hydrogen-bond acceptors (Lipinski definition) is 8. The number of nitrogens with one attached hydrogen (secondary N) is 1. The van der Waals surface area contributed by atoms with Crippen LogP contribution in [-0.2, 0) is 19.5 Å². The Kier molecular flexibility index (Phi) is 6.65. The summed E-state index contributed by atoms with van der Waals surface area (Å²) in [6.45, 7) is 1.09. The molecule has 0 radical (unpaired) electrons. The molecule has 2 aromatic rings. The van der Waals surface area contributed by atoms with E-state index in [4.69, 9.17) is 9.47 Å². The molecule has 0 unspecified atom stereocenters. The largest absolute Gasteiger partial charge is 0.495 e. The molecule has 11 heteroatoms. The van der Waals surface area contributed by atoms with Gasteiger partial charge in [0.05, 0.1) is 33.0 Å². The number of carbonyl (C=O) groups excluding carboxylic acids is 2. The van der Waals surface area contributed by atoms with Crippen LogP contribution in [0.25, 0.3) is 0 Å². The fraction of sp³-hybridized carbons (Fsp3) is 0.316. The van der Waals surface area contributed by atoms with Gasteiger partial charge in [0.2, 0.25) is 10.0 Å². The van der Waals surface area contributed by atoms with Crippen LogP contribution in [0.3, 0.4) is 0 Å². The van der Waals surface area contributed by atoms with Gasteiger partial charge in [-0.3, -0.25) is 9.78 Å². The molecular weight excluding hydrogens is 414 g/mol. The van der Waals surface area contributed by atoms with E-state index >= 15 is 0 Å². The molecule has 1 amide bonds. The highest BCUT2D eigenvalue weighted by molar-refractivity contribution is 7.89. The summed E-state index contributed by atoms with van der Waals surface area (Å²) in [6.07, 6.45) is 1.23. The number of pyridine rings is 1. The summed E-state index contributed by atoms with van der Waals surface area (Å²) >= 11 is 0. The zero-order chi connectivity index (χ0) is 21.7. The Morgan fingerprint density at radius 2 is 1.87 bits per heavy atom.